The number of aromatic nitrogens is 2. The molecule has 1 aromatic heterocycles. The first-order chi connectivity index (χ1) is 11.2. The second-order valence-electron chi connectivity index (χ2n) is 4.67. The molecule has 23 heavy (non-hydrogen) atoms. The highest BCUT2D eigenvalue weighted by Crippen LogP contribution is 2.33. The molecule has 0 radical (unpaired) electrons. The highest BCUT2D eigenvalue weighted by molar-refractivity contribution is 7.99. The highest BCUT2D eigenvalue weighted by Gasteiger charge is 2.14. The van der Waals surface area contributed by atoms with Gasteiger partial charge in [-0.25, -0.2) is 4.98 Å². The summed E-state index contributed by atoms with van der Waals surface area (Å²) in [7, 11) is 0. The molecule has 114 valence electrons. The second kappa shape index (κ2) is 7.10. The molecule has 0 N–H and O–H groups in total. The van der Waals surface area contributed by atoms with Crippen LogP contribution in [0.2, 0.25) is 10.0 Å². The van der Waals surface area contributed by atoms with Crippen molar-refractivity contribution in [3.05, 3.63) is 64.8 Å². The fourth-order valence-electron chi connectivity index (χ4n) is 2.22. The molecule has 2 aromatic carbocycles. The number of para-hydroxylation sites is 1. The lowest BCUT2D eigenvalue weighted by Gasteiger charge is -2.12. The van der Waals surface area contributed by atoms with Gasteiger partial charge in [0, 0.05) is 11.3 Å². The lowest BCUT2D eigenvalue weighted by atomic mass is 10.1. The lowest BCUT2D eigenvalue weighted by Crippen LogP contribution is -1.99. The number of nitriles is 1. The Kier molecular flexibility index (Phi) is 4.92. The first-order valence-electron chi connectivity index (χ1n) is 6.79. The fourth-order valence-corrected chi connectivity index (χ4v) is 3.17. The van der Waals surface area contributed by atoms with Gasteiger partial charge < -0.3 is 0 Å². The maximum atomic E-state index is 8.84. The van der Waals surface area contributed by atoms with Gasteiger partial charge in [0.15, 0.2) is 5.16 Å². The van der Waals surface area contributed by atoms with Gasteiger partial charge in [-0.2, -0.15) is 5.26 Å². The number of benzene rings is 2. The van der Waals surface area contributed by atoms with E-state index in [1.54, 1.807) is 12.3 Å². The normalized spacial score (nSPS) is 10.5. The number of halogens is 2. The molecule has 0 aliphatic heterocycles. The van der Waals surface area contributed by atoms with Crippen LogP contribution >= 0.6 is 35.0 Å². The van der Waals surface area contributed by atoms with Crippen molar-refractivity contribution in [2.75, 3.05) is 5.75 Å². The van der Waals surface area contributed by atoms with Gasteiger partial charge in [0.2, 0.25) is 0 Å². The van der Waals surface area contributed by atoms with Gasteiger partial charge >= 0.3 is 0 Å². The van der Waals surface area contributed by atoms with Crippen molar-refractivity contribution in [2.45, 2.75) is 5.16 Å². The third-order valence-corrected chi connectivity index (χ3v) is 4.78. The van der Waals surface area contributed by atoms with E-state index in [1.807, 2.05) is 47.0 Å². The van der Waals surface area contributed by atoms with E-state index in [0.29, 0.717) is 15.8 Å². The molecule has 0 spiro atoms. The van der Waals surface area contributed by atoms with Gasteiger partial charge in [0.05, 0.1) is 33.8 Å². The van der Waals surface area contributed by atoms with E-state index in [-0.39, 0.29) is 0 Å². The number of imidazole rings is 1. The summed E-state index contributed by atoms with van der Waals surface area (Å²) in [5.74, 6) is 0.338. The van der Waals surface area contributed by atoms with Crippen molar-refractivity contribution in [3.8, 4) is 23.0 Å². The number of hydrogen-bond acceptors (Lipinski definition) is 3. The summed E-state index contributed by atoms with van der Waals surface area (Å²) in [6, 6.07) is 17.5. The third kappa shape index (κ3) is 3.37. The Morgan fingerprint density at radius 2 is 1.87 bits per heavy atom. The molecule has 0 amide bonds. The maximum absolute atomic E-state index is 8.84. The van der Waals surface area contributed by atoms with E-state index in [4.69, 9.17) is 28.5 Å². The predicted molar refractivity (Wildman–Crippen MR) is 95.4 cm³/mol. The Morgan fingerprint density at radius 3 is 2.57 bits per heavy atom. The lowest BCUT2D eigenvalue weighted by molar-refractivity contribution is 0.902. The Hall–Kier alpha value is -1.93. The summed E-state index contributed by atoms with van der Waals surface area (Å²) in [5.41, 5.74) is 2.79. The standard InChI is InChI=1S/C17H11Cl2N3S/c18-14-7-6-12(10-15(14)19)16-11-21-17(23-9-8-20)22(16)13-4-2-1-3-5-13/h1-7,10-11H,9H2. The van der Waals surface area contributed by atoms with Crippen molar-refractivity contribution >= 4 is 35.0 Å². The monoisotopic (exact) mass is 359 g/mol. The van der Waals surface area contributed by atoms with Gasteiger partial charge in [0.1, 0.15) is 0 Å². The zero-order chi connectivity index (χ0) is 16.2. The minimum atomic E-state index is 0.338. The average Bonchev–Trinajstić information content (AvgIpc) is 3.00. The average molecular weight is 360 g/mol. The minimum Gasteiger partial charge on any atom is -0.287 e. The van der Waals surface area contributed by atoms with Gasteiger partial charge in [0.25, 0.3) is 0 Å². The van der Waals surface area contributed by atoms with E-state index in [9.17, 15) is 0 Å². The zero-order valence-corrected chi connectivity index (χ0v) is 14.2. The maximum Gasteiger partial charge on any atom is 0.174 e. The predicted octanol–water partition coefficient (Wildman–Crippen LogP) is 5.46. The Morgan fingerprint density at radius 1 is 1.09 bits per heavy atom. The zero-order valence-electron chi connectivity index (χ0n) is 11.9. The quantitative estimate of drug-likeness (QED) is 0.580. The molecule has 0 bridgehead atoms. The molecule has 0 saturated carbocycles. The Balaban J connectivity index is 2.15. The van der Waals surface area contributed by atoms with Gasteiger partial charge in [-0.15, -0.1) is 0 Å². The number of nitrogens with zero attached hydrogens (tertiary/aromatic N) is 3. The molecule has 0 atom stereocenters. The van der Waals surface area contributed by atoms with Crippen LogP contribution in [0.3, 0.4) is 0 Å². The third-order valence-electron chi connectivity index (χ3n) is 3.23. The number of hydrogen-bond donors (Lipinski definition) is 0. The van der Waals surface area contributed by atoms with Crippen molar-refractivity contribution in [3.63, 3.8) is 0 Å². The molecule has 0 aliphatic rings. The summed E-state index contributed by atoms with van der Waals surface area (Å²) in [6.45, 7) is 0. The first kappa shape index (κ1) is 15.9. The summed E-state index contributed by atoms with van der Waals surface area (Å²) in [4.78, 5) is 4.46. The number of thioether (sulfide) groups is 1. The first-order valence-corrected chi connectivity index (χ1v) is 8.53. The van der Waals surface area contributed by atoms with Crippen molar-refractivity contribution in [1.29, 1.82) is 5.26 Å². The van der Waals surface area contributed by atoms with Gasteiger partial charge in [-0.3, -0.25) is 4.57 Å². The van der Waals surface area contributed by atoms with E-state index in [2.05, 4.69) is 11.1 Å². The fraction of sp³-hybridized carbons (Fsp3) is 0.0588. The van der Waals surface area contributed by atoms with Crippen LogP contribution in [-0.4, -0.2) is 15.3 Å². The van der Waals surface area contributed by atoms with E-state index in [0.717, 1.165) is 22.1 Å². The molecular weight excluding hydrogens is 349 g/mol. The van der Waals surface area contributed by atoms with Crippen LogP contribution in [-0.2, 0) is 0 Å². The van der Waals surface area contributed by atoms with Crippen LogP contribution < -0.4 is 0 Å². The topological polar surface area (TPSA) is 41.6 Å². The molecule has 3 aromatic rings. The molecular formula is C17H11Cl2N3S. The van der Waals surface area contributed by atoms with Crippen LogP contribution in [0, 0.1) is 11.3 Å². The Bertz CT molecular complexity index is 869. The van der Waals surface area contributed by atoms with E-state index in [1.165, 1.54) is 11.8 Å². The second-order valence-corrected chi connectivity index (χ2v) is 6.43. The highest BCUT2D eigenvalue weighted by atomic mass is 35.5. The van der Waals surface area contributed by atoms with Crippen LogP contribution in [0.4, 0.5) is 0 Å². The Labute approximate surface area is 148 Å². The van der Waals surface area contributed by atoms with Crippen LogP contribution in [0.15, 0.2) is 59.9 Å². The smallest absolute Gasteiger partial charge is 0.174 e. The van der Waals surface area contributed by atoms with Crippen LogP contribution in [0.1, 0.15) is 0 Å². The summed E-state index contributed by atoms with van der Waals surface area (Å²) < 4.78 is 2.02. The summed E-state index contributed by atoms with van der Waals surface area (Å²) in [6.07, 6.45) is 1.78. The molecule has 0 fully saturated rings. The van der Waals surface area contributed by atoms with Crippen LogP contribution in [0.5, 0.6) is 0 Å². The molecule has 3 rings (SSSR count). The minimum absolute atomic E-state index is 0.338. The molecule has 0 saturated heterocycles. The van der Waals surface area contributed by atoms with Crippen molar-refractivity contribution < 1.29 is 0 Å². The summed E-state index contributed by atoms with van der Waals surface area (Å²) in [5, 5.41) is 10.6. The van der Waals surface area contributed by atoms with Crippen molar-refractivity contribution in [2.24, 2.45) is 0 Å². The van der Waals surface area contributed by atoms with Gasteiger partial charge in [-0.05, 0) is 24.3 Å². The van der Waals surface area contributed by atoms with E-state index >= 15 is 0 Å². The molecule has 6 heteroatoms. The SMILES string of the molecule is N#CCSc1ncc(-c2ccc(Cl)c(Cl)c2)n1-c1ccccc1. The molecule has 3 nitrogen and oxygen atoms in total. The molecule has 0 unspecified atom stereocenters. The largest absolute Gasteiger partial charge is 0.287 e. The van der Waals surface area contributed by atoms with Gasteiger partial charge in [-0.1, -0.05) is 59.2 Å². The van der Waals surface area contributed by atoms with Crippen LogP contribution in [0.25, 0.3) is 16.9 Å². The number of rotatable bonds is 4. The van der Waals surface area contributed by atoms with Crippen molar-refractivity contribution in [1.82, 2.24) is 9.55 Å². The molecule has 1 heterocycles. The van der Waals surface area contributed by atoms with E-state index < -0.39 is 0 Å². The molecule has 0 aliphatic carbocycles. The summed E-state index contributed by atoms with van der Waals surface area (Å²) >= 11 is 13.5.